The zero-order valence-corrected chi connectivity index (χ0v) is 17.1. The first kappa shape index (κ1) is 17.3. The standard InChI is InChI=1S/C29H22O/c1-18-8-10-20-12-14-25-28(23(20)16-18)27(22-6-4-3-5-7-22)29-24-17-19(2)9-11-21(24)13-15-26(29)30-25/h3-17,27H,1-2H3. The largest absolute Gasteiger partial charge is 0.457 e. The molecular formula is C29H22O. The van der Waals surface area contributed by atoms with Crippen molar-refractivity contribution in [3.63, 3.8) is 0 Å². The lowest BCUT2D eigenvalue weighted by molar-refractivity contribution is 0.456. The van der Waals surface area contributed by atoms with E-state index in [0.29, 0.717) is 0 Å². The van der Waals surface area contributed by atoms with Gasteiger partial charge in [0.25, 0.3) is 0 Å². The van der Waals surface area contributed by atoms with Gasteiger partial charge in [-0.1, -0.05) is 90.0 Å². The molecule has 0 saturated heterocycles. The van der Waals surface area contributed by atoms with Gasteiger partial charge in [0, 0.05) is 17.0 Å². The molecule has 5 aromatic rings. The first-order chi connectivity index (χ1) is 14.7. The highest BCUT2D eigenvalue weighted by molar-refractivity contribution is 5.95. The summed E-state index contributed by atoms with van der Waals surface area (Å²) < 4.78 is 6.53. The van der Waals surface area contributed by atoms with Crippen LogP contribution in [0.15, 0.2) is 91.0 Å². The van der Waals surface area contributed by atoms with E-state index in [9.17, 15) is 0 Å². The van der Waals surface area contributed by atoms with E-state index in [-0.39, 0.29) is 5.92 Å². The Morgan fingerprint density at radius 2 is 1.07 bits per heavy atom. The van der Waals surface area contributed by atoms with Gasteiger partial charge in [0.1, 0.15) is 11.5 Å². The lowest BCUT2D eigenvalue weighted by Gasteiger charge is -2.31. The molecule has 0 N–H and O–H groups in total. The first-order valence-corrected chi connectivity index (χ1v) is 10.5. The van der Waals surface area contributed by atoms with Crippen LogP contribution in [-0.4, -0.2) is 0 Å². The highest BCUT2D eigenvalue weighted by atomic mass is 16.5. The highest BCUT2D eigenvalue weighted by Crippen LogP contribution is 2.52. The normalized spacial score (nSPS) is 13.1. The zero-order valence-electron chi connectivity index (χ0n) is 17.1. The third-order valence-electron chi connectivity index (χ3n) is 6.29. The number of fused-ring (bicyclic) bond motifs is 6. The molecule has 0 radical (unpaired) electrons. The van der Waals surface area contributed by atoms with E-state index in [1.54, 1.807) is 0 Å². The maximum atomic E-state index is 6.53. The van der Waals surface area contributed by atoms with Gasteiger partial charge in [0.2, 0.25) is 0 Å². The first-order valence-electron chi connectivity index (χ1n) is 10.5. The summed E-state index contributed by atoms with van der Waals surface area (Å²) in [6.45, 7) is 4.32. The lowest BCUT2D eigenvalue weighted by atomic mass is 9.78. The van der Waals surface area contributed by atoms with Crippen LogP contribution in [0.5, 0.6) is 11.5 Å². The topological polar surface area (TPSA) is 9.23 Å². The van der Waals surface area contributed by atoms with Crippen LogP contribution in [0.2, 0.25) is 0 Å². The van der Waals surface area contributed by atoms with E-state index in [0.717, 1.165) is 11.5 Å². The molecule has 0 aromatic heterocycles. The Morgan fingerprint density at radius 3 is 1.60 bits per heavy atom. The van der Waals surface area contributed by atoms with Gasteiger partial charge in [0.05, 0.1) is 0 Å². The van der Waals surface area contributed by atoms with Crippen molar-refractivity contribution < 1.29 is 4.74 Å². The summed E-state index contributed by atoms with van der Waals surface area (Å²) in [6.07, 6.45) is 0. The van der Waals surface area contributed by atoms with Gasteiger partial charge >= 0.3 is 0 Å². The van der Waals surface area contributed by atoms with Gasteiger partial charge in [-0.3, -0.25) is 0 Å². The number of aryl methyl sites for hydroxylation is 2. The van der Waals surface area contributed by atoms with Gasteiger partial charge in [0.15, 0.2) is 0 Å². The van der Waals surface area contributed by atoms with Gasteiger partial charge in [-0.15, -0.1) is 0 Å². The molecule has 6 rings (SSSR count). The molecule has 0 spiro atoms. The Balaban J connectivity index is 1.77. The molecule has 1 nitrogen and oxygen atoms in total. The molecule has 0 fully saturated rings. The average molecular weight is 386 g/mol. The Hall–Kier alpha value is -3.58. The van der Waals surface area contributed by atoms with Crippen molar-refractivity contribution in [2.45, 2.75) is 19.8 Å². The van der Waals surface area contributed by atoms with Crippen molar-refractivity contribution in [3.05, 3.63) is 119 Å². The number of rotatable bonds is 1. The molecule has 0 aliphatic carbocycles. The van der Waals surface area contributed by atoms with Crippen LogP contribution in [-0.2, 0) is 0 Å². The molecule has 0 amide bonds. The molecule has 144 valence electrons. The van der Waals surface area contributed by atoms with Gasteiger partial charge in [-0.05, 0) is 53.1 Å². The molecule has 1 aliphatic rings. The molecule has 0 atom stereocenters. The summed E-state index contributed by atoms with van der Waals surface area (Å²) in [4.78, 5) is 0. The van der Waals surface area contributed by atoms with Crippen LogP contribution >= 0.6 is 0 Å². The second-order valence-electron chi connectivity index (χ2n) is 8.35. The summed E-state index contributed by atoms with van der Waals surface area (Å²) in [7, 11) is 0. The lowest BCUT2D eigenvalue weighted by Crippen LogP contribution is -2.13. The molecule has 30 heavy (non-hydrogen) atoms. The Labute approximate surface area is 176 Å². The maximum Gasteiger partial charge on any atom is 0.132 e. The number of hydrogen-bond donors (Lipinski definition) is 0. The minimum absolute atomic E-state index is 0.126. The average Bonchev–Trinajstić information content (AvgIpc) is 2.77. The fourth-order valence-electron chi connectivity index (χ4n) is 4.89. The summed E-state index contributed by atoms with van der Waals surface area (Å²) >= 11 is 0. The van der Waals surface area contributed by atoms with E-state index in [1.807, 2.05) is 0 Å². The Bertz CT molecular complexity index is 1340. The smallest absolute Gasteiger partial charge is 0.132 e. The van der Waals surface area contributed by atoms with E-state index in [4.69, 9.17) is 4.74 Å². The fourth-order valence-corrected chi connectivity index (χ4v) is 4.89. The SMILES string of the molecule is Cc1ccc2ccc3c(c2c1)C(c1ccccc1)c1c(ccc2ccc(C)cc12)O3. The summed E-state index contributed by atoms with van der Waals surface area (Å²) in [5.41, 5.74) is 6.36. The third-order valence-corrected chi connectivity index (χ3v) is 6.29. The van der Waals surface area contributed by atoms with Crippen molar-refractivity contribution in [1.82, 2.24) is 0 Å². The van der Waals surface area contributed by atoms with E-state index >= 15 is 0 Å². The summed E-state index contributed by atoms with van der Waals surface area (Å²) in [5.74, 6) is 2.05. The van der Waals surface area contributed by atoms with Crippen LogP contribution < -0.4 is 4.74 Å². The van der Waals surface area contributed by atoms with E-state index < -0.39 is 0 Å². The monoisotopic (exact) mass is 386 g/mol. The zero-order chi connectivity index (χ0) is 20.2. The number of hydrogen-bond acceptors (Lipinski definition) is 1. The second kappa shape index (κ2) is 6.47. The van der Waals surface area contributed by atoms with Crippen LogP contribution in [0.3, 0.4) is 0 Å². The summed E-state index contributed by atoms with van der Waals surface area (Å²) in [6, 6.07) is 32.9. The maximum absolute atomic E-state index is 6.53. The molecule has 0 bridgehead atoms. The third kappa shape index (κ3) is 2.55. The second-order valence-corrected chi connectivity index (χ2v) is 8.35. The highest BCUT2D eigenvalue weighted by Gasteiger charge is 2.32. The van der Waals surface area contributed by atoms with Crippen molar-refractivity contribution in [1.29, 1.82) is 0 Å². The van der Waals surface area contributed by atoms with Crippen molar-refractivity contribution in [2.24, 2.45) is 0 Å². The predicted octanol–water partition coefficient (Wildman–Crippen LogP) is 7.90. The predicted molar refractivity (Wildman–Crippen MR) is 125 cm³/mol. The number of ether oxygens (including phenoxy) is 1. The minimum Gasteiger partial charge on any atom is -0.457 e. The quantitative estimate of drug-likeness (QED) is 0.279. The molecule has 1 aliphatic heterocycles. The van der Waals surface area contributed by atoms with Gasteiger partial charge in [-0.2, -0.15) is 0 Å². The molecule has 1 heterocycles. The van der Waals surface area contributed by atoms with Crippen molar-refractivity contribution >= 4 is 21.5 Å². The number of benzene rings is 5. The molecule has 1 heteroatoms. The summed E-state index contributed by atoms with van der Waals surface area (Å²) in [5, 5.41) is 5.06. The van der Waals surface area contributed by atoms with E-state index in [2.05, 4.69) is 105 Å². The van der Waals surface area contributed by atoms with Crippen molar-refractivity contribution in [2.75, 3.05) is 0 Å². The molecule has 0 saturated carbocycles. The van der Waals surface area contributed by atoms with Crippen LogP contribution in [0.4, 0.5) is 0 Å². The molecule has 0 unspecified atom stereocenters. The molecule has 5 aromatic carbocycles. The van der Waals surface area contributed by atoms with Crippen molar-refractivity contribution in [3.8, 4) is 11.5 Å². The fraction of sp³-hybridized carbons (Fsp3) is 0.103. The Morgan fingerprint density at radius 1 is 0.567 bits per heavy atom. The van der Waals surface area contributed by atoms with Crippen LogP contribution in [0, 0.1) is 13.8 Å². The Kier molecular flexibility index (Phi) is 3.73. The van der Waals surface area contributed by atoms with Gasteiger partial charge < -0.3 is 4.74 Å². The van der Waals surface area contributed by atoms with E-state index in [1.165, 1.54) is 49.4 Å². The van der Waals surface area contributed by atoms with Crippen LogP contribution in [0.25, 0.3) is 21.5 Å². The van der Waals surface area contributed by atoms with Crippen LogP contribution in [0.1, 0.15) is 33.7 Å². The minimum atomic E-state index is 0.126. The molecular weight excluding hydrogens is 364 g/mol. The van der Waals surface area contributed by atoms with Gasteiger partial charge in [-0.25, -0.2) is 0 Å².